The van der Waals surface area contributed by atoms with Gasteiger partial charge in [0.1, 0.15) is 0 Å². The van der Waals surface area contributed by atoms with Crippen LogP contribution in [0, 0.1) is 5.92 Å². The maximum atomic E-state index is 5.39. The van der Waals surface area contributed by atoms with E-state index >= 15 is 0 Å². The first-order chi connectivity index (χ1) is 6.22. The lowest BCUT2D eigenvalue weighted by molar-refractivity contribution is 0.0645. The van der Waals surface area contributed by atoms with Crippen molar-refractivity contribution in [2.24, 2.45) is 5.92 Å². The van der Waals surface area contributed by atoms with Crippen LogP contribution < -0.4 is 0 Å². The van der Waals surface area contributed by atoms with Crippen molar-refractivity contribution in [2.75, 3.05) is 26.9 Å². The molecule has 0 saturated carbocycles. The second-order valence-electron chi connectivity index (χ2n) is 3.30. The second kappa shape index (κ2) is 8.97. The number of halogens is 1. The summed E-state index contributed by atoms with van der Waals surface area (Å²) in [5.41, 5.74) is 0. The lowest BCUT2D eigenvalue weighted by Gasteiger charge is -2.16. The Morgan fingerprint density at radius 3 is 2.46 bits per heavy atom. The minimum Gasteiger partial charge on any atom is -0.382 e. The van der Waals surface area contributed by atoms with Gasteiger partial charge in [-0.25, -0.2) is 0 Å². The Hall–Kier alpha value is 0.400. The van der Waals surface area contributed by atoms with E-state index in [1.54, 1.807) is 7.11 Å². The zero-order valence-electron chi connectivity index (χ0n) is 8.88. The fourth-order valence-electron chi connectivity index (χ4n) is 1.10. The lowest BCUT2D eigenvalue weighted by atomic mass is 10.0. The number of alkyl halides is 1. The van der Waals surface area contributed by atoms with Gasteiger partial charge >= 0.3 is 0 Å². The molecule has 80 valence electrons. The third kappa shape index (κ3) is 7.47. The Bertz CT molecular complexity index is 109. The molecule has 3 heteroatoms. The van der Waals surface area contributed by atoms with E-state index in [4.69, 9.17) is 9.47 Å². The summed E-state index contributed by atoms with van der Waals surface area (Å²) in [4.78, 5) is 0.624. The highest BCUT2D eigenvalue weighted by Gasteiger charge is 2.10. The van der Waals surface area contributed by atoms with Gasteiger partial charge in [0, 0.05) is 18.5 Å². The maximum absolute atomic E-state index is 5.39. The van der Waals surface area contributed by atoms with Gasteiger partial charge < -0.3 is 9.47 Å². The molecule has 0 fully saturated rings. The standard InChI is InChI=1S/C10H21BrO2/c1-4-10(11)9(2)5-6-13-8-7-12-3/h9-10H,4-8H2,1-3H3. The van der Waals surface area contributed by atoms with Crippen molar-refractivity contribution in [2.45, 2.75) is 31.5 Å². The van der Waals surface area contributed by atoms with Crippen molar-refractivity contribution in [3.8, 4) is 0 Å². The van der Waals surface area contributed by atoms with Gasteiger partial charge in [-0.2, -0.15) is 0 Å². The highest BCUT2D eigenvalue weighted by atomic mass is 79.9. The molecule has 0 heterocycles. The van der Waals surface area contributed by atoms with Gasteiger partial charge in [-0.15, -0.1) is 0 Å². The molecule has 0 aromatic carbocycles. The average Bonchev–Trinajstić information content (AvgIpc) is 2.16. The minimum atomic E-state index is 0.624. The number of hydrogen-bond acceptors (Lipinski definition) is 2. The van der Waals surface area contributed by atoms with E-state index in [1.165, 1.54) is 6.42 Å². The van der Waals surface area contributed by atoms with E-state index < -0.39 is 0 Å². The molecule has 0 saturated heterocycles. The Balaban J connectivity index is 3.21. The molecule has 0 spiro atoms. The van der Waals surface area contributed by atoms with Crippen LogP contribution >= 0.6 is 15.9 Å². The van der Waals surface area contributed by atoms with E-state index in [1.807, 2.05) is 0 Å². The predicted molar refractivity (Wildman–Crippen MR) is 59.5 cm³/mol. The Morgan fingerprint density at radius 1 is 1.23 bits per heavy atom. The quantitative estimate of drug-likeness (QED) is 0.489. The first kappa shape index (κ1) is 13.4. The maximum Gasteiger partial charge on any atom is 0.0700 e. The SMILES string of the molecule is CCC(Br)C(C)CCOCCOC. The fraction of sp³-hybridized carbons (Fsp3) is 1.00. The fourth-order valence-corrected chi connectivity index (χ4v) is 1.36. The zero-order chi connectivity index (χ0) is 10.1. The predicted octanol–water partition coefficient (Wildman–Crippen LogP) is 2.85. The van der Waals surface area contributed by atoms with Crippen molar-refractivity contribution in [1.82, 2.24) is 0 Å². The van der Waals surface area contributed by atoms with E-state index in [0.717, 1.165) is 13.0 Å². The third-order valence-electron chi connectivity index (χ3n) is 2.16. The molecule has 0 rings (SSSR count). The largest absolute Gasteiger partial charge is 0.382 e. The lowest BCUT2D eigenvalue weighted by Crippen LogP contribution is -2.13. The smallest absolute Gasteiger partial charge is 0.0700 e. The summed E-state index contributed by atoms with van der Waals surface area (Å²) in [6.45, 7) is 6.69. The average molecular weight is 253 g/mol. The summed E-state index contributed by atoms with van der Waals surface area (Å²) < 4.78 is 10.3. The van der Waals surface area contributed by atoms with E-state index in [-0.39, 0.29) is 0 Å². The van der Waals surface area contributed by atoms with Gasteiger partial charge in [-0.1, -0.05) is 29.8 Å². The van der Waals surface area contributed by atoms with Gasteiger partial charge in [-0.05, 0) is 18.8 Å². The van der Waals surface area contributed by atoms with Crippen molar-refractivity contribution in [3.63, 3.8) is 0 Å². The monoisotopic (exact) mass is 252 g/mol. The number of methoxy groups -OCH3 is 1. The molecule has 0 aromatic rings. The van der Waals surface area contributed by atoms with Gasteiger partial charge in [0.2, 0.25) is 0 Å². The van der Waals surface area contributed by atoms with Crippen LogP contribution in [0.15, 0.2) is 0 Å². The van der Waals surface area contributed by atoms with Crippen LogP contribution in [0.4, 0.5) is 0 Å². The Morgan fingerprint density at radius 2 is 1.92 bits per heavy atom. The molecule has 13 heavy (non-hydrogen) atoms. The molecule has 0 aliphatic rings. The van der Waals surface area contributed by atoms with Gasteiger partial charge in [0.25, 0.3) is 0 Å². The first-order valence-corrected chi connectivity index (χ1v) is 5.84. The van der Waals surface area contributed by atoms with E-state index in [2.05, 4.69) is 29.8 Å². The molecule has 0 radical (unpaired) electrons. The van der Waals surface area contributed by atoms with Crippen LogP contribution in [0.3, 0.4) is 0 Å². The molecular weight excluding hydrogens is 232 g/mol. The van der Waals surface area contributed by atoms with Gasteiger partial charge in [0.05, 0.1) is 13.2 Å². The number of ether oxygens (including phenoxy) is 2. The van der Waals surface area contributed by atoms with E-state index in [9.17, 15) is 0 Å². The summed E-state index contributed by atoms with van der Waals surface area (Å²) >= 11 is 3.64. The second-order valence-corrected chi connectivity index (χ2v) is 4.47. The normalized spacial score (nSPS) is 15.7. The molecule has 2 atom stereocenters. The van der Waals surface area contributed by atoms with Crippen LogP contribution in [0.2, 0.25) is 0 Å². The molecule has 0 aromatic heterocycles. The summed E-state index contributed by atoms with van der Waals surface area (Å²) in [6.07, 6.45) is 2.30. The topological polar surface area (TPSA) is 18.5 Å². The Kier molecular flexibility index (Phi) is 9.25. The van der Waals surface area contributed by atoms with E-state index in [0.29, 0.717) is 24.0 Å². The summed E-state index contributed by atoms with van der Waals surface area (Å²) in [5.74, 6) is 0.688. The van der Waals surface area contributed by atoms with Crippen molar-refractivity contribution in [3.05, 3.63) is 0 Å². The molecule has 2 unspecified atom stereocenters. The summed E-state index contributed by atoms with van der Waals surface area (Å²) in [5, 5.41) is 0. The van der Waals surface area contributed by atoms with Crippen LogP contribution in [-0.4, -0.2) is 31.8 Å². The Labute approximate surface area is 90.1 Å². The van der Waals surface area contributed by atoms with Gasteiger partial charge in [0.15, 0.2) is 0 Å². The molecule has 0 bridgehead atoms. The van der Waals surface area contributed by atoms with Crippen molar-refractivity contribution >= 4 is 15.9 Å². The molecule has 0 amide bonds. The molecule has 0 aliphatic heterocycles. The van der Waals surface area contributed by atoms with Gasteiger partial charge in [-0.3, -0.25) is 0 Å². The number of rotatable bonds is 8. The highest BCUT2D eigenvalue weighted by molar-refractivity contribution is 9.09. The molecule has 0 aliphatic carbocycles. The van der Waals surface area contributed by atoms with Crippen molar-refractivity contribution in [1.29, 1.82) is 0 Å². The van der Waals surface area contributed by atoms with Crippen LogP contribution in [0.5, 0.6) is 0 Å². The molecular formula is C10H21BrO2. The van der Waals surface area contributed by atoms with Crippen LogP contribution in [0.1, 0.15) is 26.7 Å². The minimum absolute atomic E-state index is 0.624. The van der Waals surface area contributed by atoms with Crippen LogP contribution in [0.25, 0.3) is 0 Å². The third-order valence-corrected chi connectivity index (χ3v) is 3.71. The molecule has 0 N–H and O–H groups in total. The molecule has 2 nitrogen and oxygen atoms in total. The summed E-state index contributed by atoms with van der Waals surface area (Å²) in [6, 6.07) is 0. The highest BCUT2D eigenvalue weighted by Crippen LogP contribution is 2.18. The van der Waals surface area contributed by atoms with Crippen LogP contribution in [-0.2, 0) is 9.47 Å². The van der Waals surface area contributed by atoms with Crippen molar-refractivity contribution < 1.29 is 9.47 Å². The first-order valence-electron chi connectivity index (χ1n) is 4.93. The summed E-state index contributed by atoms with van der Waals surface area (Å²) in [7, 11) is 1.69. The number of hydrogen-bond donors (Lipinski definition) is 0. The zero-order valence-corrected chi connectivity index (χ0v) is 10.5.